The number of carbonyl (C=O) groups is 3. The Hall–Kier alpha value is -2.37. The molecule has 2 rings (SSSR count). The molecule has 0 aromatic heterocycles. The first-order valence-corrected chi connectivity index (χ1v) is 8.62. The third-order valence-electron chi connectivity index (χ3n) is 4.72. The van der Waals surface area contributed by atoms with Crippen LogP contribution in [0.1, 0.15) is 54.9 Å². The van der Waals surface area contributed by atoms with Crippen LogP contribution in [0.4, 0.5) is 0 Å². The van der Waals surface area contributed by atoms with Crippen molar-refractivity contribution in [3.05, 3.63) is 29.3 Å². The van der Waals surface area contributed by atoms with Crippen LogP contribution >= 0.6 is 0 Å². The van der Waals surface area contributed by atoms with E-state index >= 15 is 0 Å². The Morgan fingerprint density at radius 2 is 1.92 bits per heavy atom. The third kappa shape index (κ3) is 5.05. The lowest BCUT2D eigenvalue weighted by atomic mass is 9.94. The first-order valence-electron chi connectivity index (χ1n) is 8.62. The molecule has 1 aromatic carbocycles. The topological polar surface area (TPSA) is 92.7 Å². The van der Waals surface area contributed by atoms with E-state index in [1.54, 1.807) is 18.2 Å². The highest BCUT2D eigenvalue weighted by Crippen LogP contribution is 2.25. The summed E-state index contributed by atoms with van der Waals surface area (Å²) in [6.45, 7) is 1.47. The number of rotatable bonds is 6. The van der Waals surface area contributed by atoms with E-state index < -0.39 is 11.9 Å². The molecule has 6 nitrogen and oxygen atoms in total. The predicted octanol–water partition coefficient (Wildman–Crippen LogP) is 2.59. The summed E-state index contributed by atoms with van der Waals surface area (Å²) in [7, 11) is 1.51. The largest absolute Gasteiger partial charge is 0.496 e. The maximum atomic E-state index is 12.5. The zero-order valence-electron chi connectivity index (χ0n) is 14.7. The fourth-order valence-corrected chi connectivity index (χ4v) is 3.34. The van der Waals surface area contributed by atoms with Crippen molar-refractivity contribution in [1.29, 1.82) is 0 Å². The van der Waals surface area contributed by atoms with Gasteiger partial charge in [-0.2, -0.15) is 0 Å². The SMILES string of the molecule is COc1ccc(C(C)=O)cc1CC(=O)N[C@H]1CCCCC[C@H]1C(=O)O. The first-order chi connectivity index (χ1) is 11.9. The number of carbonyl (C=O) groups excluding carboxylic acids is 2. The highest BCUT2D eigenvalue weighted by Gasteiger charge is 2.30. The minimum absolute atomic E-state index is 0.0487. The number of nitrogens with one attached hydrogen (secondary N) is 1. The molecule has 1 saturated carbocycles. The van der Waals surface area contributed by atoms with Gasteiger partial charge >= 0.3 is 5.97 Å². The third-order valence-corrected chi connectivity index (χ3v) is 4.72. The number of carboxylic acids is 1. The van der Waals surface area contributed by atoms with Crippen molar-refractivity contribution in [3.63, 3.8) is 0 Å². The summed E-state index contributed by atoms with van der Waals surface area (Å²) in [5, 5.41) is 12.3. The van der Waals surface area contributed by atoms with Crippen LogP contribution in [0.5, 0.6) is 5.75 Å². The maximum Gasteiger partial charge on any atom is 0.308 e. The second-order valence-electron chi connectivity index (χ2n) is 6.52. The summed E-state index contributed by atoms with van der Waals surface area (Å²) in [5.41, 5.74) is 1.13. The number of ether oxygens (including phenoxy) is 1. The number of benzene rings is 1. The second-order valence-corrected chi connectivity index (χ2v) is 6.52. The summed E-state index contributed by atoms with van der Waals surface area (Å²) < 4.78 is 5.26. The maximum absolute atomic E-state index is 12.5. The van der Waals surface area contributed by atoms with Crippen LogP contribution < -0.4 is 10.1 Å². The van der Waals surface area contributed by atoms with Crippen molar-refractivity contribution in [2.45, 2.75) is 51.5 Å². The second kappa shape index (κ2) is 8.65. The molecule has 1 aromatic rings. The molecular formula is C19H25NO5. The molecule has 0 aliphatic heterocycles. The molecule has 1 fully saturated rings. The Labute approximate surface area is 147 Å². The highest BCUT2D eigenvalue weighted by atomic mass is 16.5. The average molecular weight is 347 g/mol. The van der Waals surface area contributed by atoms with Gasteiger partial charge in [0, 0.05) is 17.2 Å². The highest BCUT2D eigenvalue weighted by molar-refractivity contribution is 5.94. The van der Waals surface area contributed by atoms with Gasteiger partial charge in [-0.25, -0.2) is 0 Å². The summed E-state index contributed by atoms with van der Waals surface area (Å²) in [5.74, 6) is -1.20. The van der Waals surface area contributed by atoms with E-state index in [9.17, 15) is 19.5 Å². The monoisotopic (exact) mass is 347 g/mol. The molecule has 0 radical (unpaired) electrons. The van der Waals surface area contributed by atoms with Crippen molar-refractivity contribution in [1.82, 2.24) is 5.32 Å². The molecule has 136 valence electrons. The van der Waals surface area contributed by atoms with E-state index in [4.69, 9.17) is 4.74 Å². The summed E-state index contributed by atoms with van der Waals surface area (Å²) in [6.07, 6.45) is 4.09. The molecule has 25 heavy (non-hydrogen) atoms. The van der Waals surface area contributed by atoms with Crippen LogP contribution in [0.15, 0.2) is 18.2 Å². The van der Waals surface area contributed by atoms with Crippen molar-refractivity contribution < 1.29 is 24.2 Å². The van der Waals surface area contributed by atoms with Gasteiger partial charge in [0.05, 0.1) is 19.4 Å². The molecule has 1 aliphatic carbocycles. The number of amides is 1. The molecular weight excluding hydrogens is 322 g/mol. The van der Waals surface area contributed by atoms with Crippen LogP contribution in [0.2, 0.25) is 0 Å². The Morgan fingerprint density at radius 1 is 1.20 bits per heavy atom. The van der Waals surface area contributed by atoms with E-state index in [0.717, 1.165) is 19.3 Å². The standard InChI is InChI=1S/C19H25NO5/c1-12(21)13-8-9-17(25-2)14(10-13)11-18(22)20-16-7-5-3-4-6-15(16)19(23)24/h8-10,15-16H,3-7,11H2,1-2H3,(H,20,22)(H,23,24)/t15-,16+/m1/s1. The van der Waals surface area contributed by atoms with E-state index in [1.165, 1.54) is 14.0 Å². The Balaban J connectivity index is 2.11. The lowest BCUT2D eigenvalue weighted by Gasteiger charge is -2.23. The first kappa shape index (κ1) is 19.0. The number of carboxylic acid groups (broad SMARTS) is 1. The van der Waals surface area contributed by atoms with Gasteiger partial charge < -0.3 is 15.2 Å². The van der Waals surface area contributed by atoms with E-state index in [2.05, 4.69) is 5.32 Å². The van der Waals surface area contributed by atoms with E-state index in [-0.39, 0.29) is 24.2 Å². The van der Waals surface area contributed by atoms with Gasteiger partial charge in [-0.15, -0.1) is 0 Å². The molecule has 0 saturated heterocycles. The summed E-state index contributed by atoms with van der Waals surface area (Å²) in [4.78, 5) is 35.5. The van der Waals surface area contributed by atoms with Gasteiger partial charge in [-0.3, -0.25) is 14.4 Å². The van der Waals surface area contributed by atoms with E-state index in [0.29, 0.717) is 29.7 Å². The molecule has 0 heterocycles. The van der Waals surface area contributed by atoms with Gasteiger partial charge in [0.2, 0.25) is 5.91 Å². The number of Topliss-reactive ketones (excluding diaryl/α,β-unsaturated/α-hetero) is 1. The van der Waals surface area contributed by atoms with Crippen molar-refractivity contribution >= 4 is 17.7 Å². The minimum atomic E-state index is -0.858. The summed E-state index contributed by atoms with van der Waals surface area (Å²) >= 11 is 0. The zero-order valence-corrected chi connectivity index (χ0v) is 14.7. The van der Waals surface area contributed by atoms with Crippen LogP contribution in [-0.2, 0) is 16.0 Å². The molecule has 1 amide bonds. The molecule has 0 bridgehead atoms. The number of ketones is 1. The van der Waals surface area contributed by atoms with Gasteiger partial charge in [0.25, 0.3) is 0 Å². The number of hydrogen-bond donors (Lipinski definition) is 2. The average Bonchev–Trinajstić information content (AvgIpc) is 2.80. The van der Waals surface area contributed by atoms with Gasteiger partial charge in [0.1, 0.15) is 5.75 Å². The quantitative estimate of drug-likeness (QED) is 0.609. The Kier molecular flexibility index (Phi) is 6.56. The van der Waals surface area contributed by atoms with E-state index in [1.807, 2.05) is 0 Å². The summed E-state index contributed by atoms with van der Waals surface area (Å²) in [6, 6.07) is 4.64. The molecule has 2 N–H and O–H groups in total. The minimum Gasteiger partial charge on any atom is -0.496 e. The van der Waals surface area contributed by atoms with Gasteiger partial charge in [-0.1, -0.05) is 19.3 Å². The molecule has 0 unspecified atom stereocenters. The lowest BCUT2D eigenvalue weighted by Crippen LogP contribution is -2.43. The number of methoxy groups -OCH3 is 1. The van der Waals surface area contributed by atoms with Crippen LogP contribution in [-0.4, -0.2) is 35.9 Å². The smallest absolute Gasteiger partial charge is 0.308 e. The molecule has 1 aliphatic rings. The zero-order chi connectivity index (χ0) is 18.4. The van der Waals surface area contributed by atoms with Crippen molar-refractivity contribution in [2.24, 2.45) is 5.92 Å². The Bertz CT molecular complexity index is 655. The Morgan fingerprint density at radius 3 is 2.56 bits per heavy atom. The normalized spacial score (nSPS) is 20.4. The predicted molar refractivity (Wildman–Crippen MR) is 92.8 cm³/mol. The van der Waals surface area contributed by atoms with Crippen LogP contribution in [0.3, 0.4) is 0 Å². The molecule has 2 atom stereocenters. The number of hydrogen-bond acceptors (Lipinski definition) is 4. The van der Waals surface area contributed by atoms with Crippen molar-refractivity contribution in [3.8, 4) is 5.75 Å². The number of aliphatic carboxylic acids is 1. The molecule has 0 spiro atoms. The lowest BCUT2D eigenvalue weighted by molar-refractivity contribution is -0.143. The van der Waals surface area contributed by atoms with Crippen LogP contribution in [0.25, 0.3) is 0 Å². The van der Waals surface area contributed by atoms with Gasteiger partial charge in [0.15, 0.2) is 5.78 Å². The van der Waals surface area contributed by atoms with Crippen molar-refractivity contribution in [2.75, 3.05) is 7.11 Å². The molecule has 6 heteroatoms. The fourth-order valence-electron chi connectivity index (χ4n) is 3.34. The fraction of sp³-hybridized carbons (Fsp3) is 0.526. The van der Waals surface area contributed by atoms with Crippen LogP contribution in [0, 0.1) is 5.92 Å². The van der Waals surface area contributed by atoms with Gasteiger partial charge in [-0.05, 0) is 38.0 Å².